The highest BCUT2D eigenvalue weighted by Gasteiger charge is 2.18. The van der Waals surface area contributed by atoms with Crippen LogP contribution in [0.5, 0.6) is 0 Å². The molecule has 7 heteroatoms. The van der Waals surface area contributed by atoms with Crippen molar-refractivity contribution in [2.45, 2.75) is 18.9 Å². The van der Waals surface area contributed by atoms with Crippen molar-refractivity contribution < 1.29 is 19.4 Å². The lowest BCUT2D eigenvalue weighted by atomic mass is 10.2. The topological polar surface area (TPSA) is 87.7 Å². The number of rotatable bonds is 9. The minimum Gasteiger partial charge on any atom is -0.480 e. The number of thioether (sulfide) groups is 1. The van der Waals surface area contributed by atoms with Crippen LogP contribution in [0.1, 0.15) is 12.8 Å². The van der Waals surface area contributed by atoms with Crippen LogP contribution in [0.4, 0.5) is 4.79 Å². The molecule has 6 nitrogen and oxygen atoms in total. The van der Waals surface area contributed by atoms with Gasteiger partial charge in [-0.2, -0.15) is 11.8 Å². The maximum Gasteiger partial charge on any atom is 0.326 e. The van der Waals surface area contributed by atoms with Crippen molar-refractivity contribution in [3.63, 3.8) is 0 Å². The summed E-state index contributed by atoms with van der Waals surface area (Å²) in [7, 11) is 1.59. The Hall–Kier alpha value is -0.950. The number of hydrogen-bond acceptors (Lipinski definition) is 4. The molecule has 1 atom stereocenters. The zero-order valence-electron chi connectivity index (χ0n) is 10.2. The van der Waals surface area contributed by atoms with Gasteiger partial charge in [-0.15, -0.1) is 0 Å². The molecule has 0 aromatic carbocycles. The van der Waals surface area contributed by atoms with Gasteiger partial charge >= 0.3 is 12.0 Å². The lowest BCUT2D eigenvalue weighted by Crippen LogP contribution is -2.46. The van der Waals surface area contributed by atoms with Crippen LogP contribution in [0.2, 0.25) is 0 Å². The number of carbonyl (C=O) groups is 2. The van der Waals surface area contributed by atoms with Crippen LogP contribution in [0.15, 0.2) is 0 Å². The molecule has 17 heavy (non-hydrogen) atoms. The molecule has 0 heterocycles. The largest absolute Gasteiger partial charge is 0.480 e. The molecular weight excluding hydrogens is 244 g/mol. The standard InChI is InChI=1S/C10H20N2O4S/c1-16-6-3-5-11-10(15)12-8(9(13)14)4-7-17-2/h8H,3-7H2,1-2H3,(H,13,14)(H2,11,12,15)/t8-/m0/s1. The summed E-state index contributed by atoms with van der Waals surface area (Å²) in [5.74, 6) is -0.313. The molecule has 0 saturated heterocycles. The second kappa shape index (κ2) is 10.2. The van der Waals surface area contributed by atoms with E-state index in [4.69, 9.17) is 9.84 Å². The first-order chi connectivity index (χ1) is 8.11. The average Bonchev–Trinajstić information content (AvgIpc) is 2.29. The van der Waals surface area contributed by atoms with Gasteiger partial charge in [-0.05, 0) is 24.9 Å². The Morgan fingerprint density at radius 2 is 2.18 bits per heavy atom. The fraction of sp³-hybridized carbons (Fsp3) is 0.800. The fourth-order valence-corrected chi connectivity index (χ4v) is 1.59. The molecule has 3 N–H and O–H groups in total. The van der Waals surface area contributed by atoms with Crippen LogP contribution >= 0.6 is 11.8 Å². The summed E-state index contributed by atoms with van der Waals surface area (Å²) in [6, 6.07) is -1.28. The van der Waals surface area contributed by atoms with Gasteiger partial charge in [0.1, 0.15) is 6.04 Å². The first kappa shape index (κ1) is 16.1. The van der Waals surface area contributed by atoms with E-state index in [0.29, 0.717) is 31.7 Å². The summed E-state index contributed by atoms with van der Waals surface area (Å²) < 4.78 is 4.83. The number of nitrogens with one attached hydrogen (secondary N) is 2. The molecule has 0 spiro atoms. The molecule has 2 amide bonds. The molecule has 0 unspecified atom stereocenters. The SMILES string of the molecule is COCCCNC(=O)N[C@@H](CCSC)C(=O)O. The van der Waals surface area contributed by atoms with Gasteiger partial charge in [0.25, 0.3) is 0 Å². The van der Waals surface area contributed by atoms with Crippen molar-refractivity contribution in [1.82, 2.24) is 10.6 Å². The molecule has 0 fully saturated rings. The minimum absolute atomic E-state index is 0.419. The van der Waals surface area contributed by atoms with E-state index in [1.54, 1.807) is 18.9 Å². The molecule has 0 bridgehead atoms. The van der Waals surface area contributed by atoms with Crippen LogP contribution in [0.25, 0.3) is 0 Å². The van der Waals surface area contributed by atoms with Crippen molar-refractivity contribution in [2.24, 2.45) is 0 Å². The minimum atomic E-state index is -1.01. The summed E-state index contributed by atoms with van der Waals surface area (Å²) in [6.07, 6.45) is 3.01. The average molecular weight is 264 g/mol. The van der Waals surface area contributed by atoms with Crippen LogP contribution in [-0.4, -0.2) is 55.4 Å². The molecule has 0 aromatic rings. The lowest BCUT2D eigenvalue weighted by molar-refractivity contribution is -0.139. The van der Waals surface area contributed by atoms with Crippen LogP contribution < -0.4 is 10.6 Å². The van der Waals surface area contributed by atoms with E-state index in [1.807, 2.05) is 6.26 Å². The van der Waals surface area contributed by atoms with E-state index < -0.39 is 18.0 Å². The monoisotopic (exact) mass is 264 g/mol. The van der Waals surface area contributed by atoms with Gasteiger partial charge in [-0.3, -0.25) is 0 Å². The van der Waals surface area contributed by atoms with Crippen LogP contribution in [-0.2, 0) is 9.53 Å². The number of amides is 2. The number of aliphatic carboxylic acids is 1. The molecule has 0 aliphatic heterocycles. The van der Waals surface area contributed by atoms with Gasteiger partial charge in [0.2, 0.25) is 0 Å². The highest BCUT2D eigenvalue weighted by Crippen LogP contribution is 2.00. The molecule has 0 saturated carbocycles. The highest BCUT2D eigenvalue weighted by atomic mass is 32.2. The van der Waals surface area contributed by atoms with Gasteiger partial charge in [-0.1, -0.05) is 0 Å². The van der Waals surface area contributed by atoms with Gasteiger partial charge in [0.05, 0.1) is 0 Å². The predicted molar refractivity (Wildman–Crippen MR) is 67.5 cm³/mol. The summed E-state index contributed by atoms with van der Waals surface area (Å²) in [5, 5.41) is 13.9. The van der Waals surface area contributed by atoms with Crippen molar-refractivity contribution in [2.75, 3.05) is 32.3 Å². The molecule has 0 rings (SSSR count). The van der Waals surface area contributed by atoms with E-state index in [1.165, 1.54) is 0 Å². The predicted octanol–water partition coefficient (Wildman–Crippen LogP) is 0.528. The summed E-state index contributed by atoms with van der Waals surface area (Å²) >= 11 is 1.55. The van der Waals surface area contributed by atoms with Gasteiger partial charge < -0.3 is 20.5 Å². The van der Waals surface area contributed by atoms with E-state index >= 15 is 0 Å². The Labute approximate surface area is 105 Å². The van der Waals surface area contributed by atoms with Gasteiger partial charge in [0, 0.05) is 20.3 Å². The number of ether oxygens (including phenoxy) is 1. The Kier molecular flexibility index (Phi) is 9.65. The van der Waals surface area contributed by atoms with Crippen molar-refractivity contribution in [1.29, 1.82) is 0 Å². The Morgan fingerprint density at radius 1 is 1.47 bits per heavy atom. The Morgan fingerprint density at radius 3 is 2.71 bits per heavy atom. The smallest absolute Gasteiger partial charge is 0.326 e. The lowest BCUT2D eigenvalue weighted by Gasteiger charge is -2.14. The number of carboxylic acids is 1. The van der Waals surface area contributed by atoms with Crippen LogP contribution in [0, 0.1) is 0 Å². The van der Waals surface area contributed by atoms with E-state index in [0.717, 1.165) is 0 Å². The summed E-state index contributed by atoms with van der Waals surface area (Å²) in [4.78, 5) is 22.2. The summed E-state index contributed by atoms with van der Waals surface area (Å²) in [5.41, 5.74) is 0. The second-order valence-corrected chi connectivity index (χ2v) is 4.40. The number of methoxy groups -OCH3 is 1. The van der Waals surface area contributed by atoms with Crippen molar-refractivity contribution in [3.8, 4) is 0 Å². The van der Waals surface area contributed by atoms with Gasteiger partial charge in [0.15, 0.2) is 0 Å². The molecule has 0 aliphatic carbocycles. The van der Waals surface area contributed by atoms with E-state index in [9.17, 15) is 9.59 Å². The number of urea groups is 1. The quantitative estimate of drug-likeness (QED) is 0.529. The third kappa shape index (κ3) is 8.82. The first-order valence-corrected chi connectivity index (χ1v) is 6.76. The van der Waals surface area contributed by atoms with Crippen molar-refractivity contribution in [3.05, 3.63) is 0 Å². The molecule has 100 valence electrons. The maximum atomic E-state index is 11.4. The molecule has 0 radical (unpaired) electrons. The molecule has 0 aromatic heterocycles. The third-order valence-electron chi connectivity index (χ3n) is 2.02. The maximum absolute atomic E-state index is 11.4. The number of hydrogen-bond donors (Lipinski definition) is 3. The third-order valence-corrected chi connectivity index (χ3v) is 2.67. The van der Waals surface area contributed by atoms with E-state index in [2.05, 4.69) is 10.6 Å². The number of carbonyl (C=O) groups excluding carboxylic acids is 1. The second-order valence-electron chi connectivity index (χ2n) is 3.42. The molecular formula is C10H20N2O4S. The van der Waals surface area contributed by atoms with Gasteiger partial charge in [-0.25, -0.2) is 9.59 Å². The zero-order valence-corrected chi connectivity index (χ0v) is 11.0. The van der Waals surface area contributed by atoms with E-state index in [-0.39, 0.29) is 0 Å². The van der Waals surface area contributed by atoms with Crippen molar-refractivity contribution >= 4 is 23.8 Å². The highest BCUT2D eigenvalue weighted by molar-refractivity contribution is 7.98. The zero-order chi connectivity index (χ0) is 13.1. The fourth-order valence-electron chi connectivity index (χ4n) is 1.12. The Bertz CT molecular complexity index is 238. The number of carboxylic acid groups (broad SMARTS) is 1. The summed E-state index contributed by atoms with van der Waals surface area (Å²) in [6.45, 7) is 1.03. The molecule has 0 aliphatic rings. The first-order valence-electron chi connectivity index (χ1n) is 5.36. The normalized spacial score (nSPS) is 11.9. The van der Waals surface area contributed by atoms with Crippen LogP contribution in [0.3, 0.4) is 0 Å². The Balaban J connectivity index is 3.83.